The normalized spacial score (nSPS) is 18.4. The lowest BCUT2D eigenvalue weighted by molar-refractivity contribution is 0.680. The van der Waals surface area contributed by atoms with Crippen molar-refractivity contribution in [1.29, 1.82) is 0 Å². The van der Waals surface area contributed by atoms with Gasteiger partial charge in [-0.1, -0.05) is 139 Å². The summed E-state index contributed by atoms with van der Waals surface area (Å²) in [5, 5.41) is 2.61. The minimum atomic E-state index is -0.510. The van der Waals surface area contributed by atoms with Crippen LogP contribution in [0.2, 0.25) is 0 Å². The molecule has 1 unspecified atom stereocenters. The molecular formula is C51H37NS2. The first kappa shape index (κ1) is 32.0. The summed E-state index contributed by atoms with van der Waals surface area (Å²) >= 11 is 3.89. The third-order valence-electron chi connectivity index (χ3n) is 11.7. The Morgan fingerprint density at radius 1 is 0.611 bits per heavy atom. The minimum Gasteiger partial charge on any atom is -0.309 e. The highest BCUT2D eigenvalue weighted by atomic mass is 32.2. The molecule has 1 aromatic heterocycles. The van der Waals surface area contributed by atoms with Crippen molar-refractivity contribution in [2.24, 2.45) is 0 Å². The molecule has 1 atom stereocenters. The zero-order valence-electron chi connectivity index (χ0n) is 30.1. The fraction of sp³-hybridized carbons (Fsp3) is 0.0980. The van der Waals surface area contributed by atoms with Gasteiger partial charge in [0.2, 0.25) is 0 Å². The average molecular weight is 728 g/mol. The highest BCUT2D eigenvalue weighted by molar-refractivity contribution is 8.03. The molecule has 258 valence electrons. The topological polar surface area (TPSA) is 4.93 Å². The Kier molecular flexibility index (Phi) is 7.44. The number of nitrogens with zero attached hydrogens (tertiary/aromatic N) is 1. The molecule has 0 fully saturated rings. The van der Waals surface area contributed by atoms with Gasteiger partial charge < -0.3 is 4.57 Å². The van der Waals surface area contributed by atoms with Gasteiger partial charge in [0.15, 0.2) is 0 Å². The molecule has 0 bridgehead atoms. The van der Waals surface area contributed by atoms with Crippen LogP contribution in [0.3, 0.4) is 0 Å². The lowest BCUT2D eigenvalue weighted by Crippen LogP contribution is -2.37. The molecule has 3 heterocycles. The van der Waals surface area contributed by atoms with Crippen LogP contribution >= 0.6 is 23.5 Å². The van der Waals surface area contributed by atoms with Crippen molar-refractivity contribution in [2.45, 2.75) is 46.3 Å². The van der Waals surface area contributed by atoms with E-state index in [9.17, 15) is 0 Å². The molecule has 0 radical (unpaired) electrons. The minimum absolute atomic E-state index is 0.510. The number of para-hydroxylation sites is 1. The van der Waals surface area contributed by atoms with Crippen molar-refractivity contribution in [3.8, 4) is 16.8 Å². The first-order valence-corrected chi connectivity index (χ1v) is 20.6. The highest BCUT2D eigenvalue weighted by Gasteiger charge is 2.50. The number of aromatic nitrogens is 1. The Hall–Kier alpha value is -5.48. The second-order valence-electron chi connectivity index (χ2n) is 14.7. The van der Waals surface area contributed by atoms with E-state index in [2.05, 4.69) is 181 Å². The van der Waals surface area contributed by atoms with Gasteiger partial charge in [0.05, 0.1) is 16.4 Å². The molecule has 4 aliphatic rings. The van der Waals surface area contributed by atoms with E-state index in [1.165, 1.54) is 97.2 Å². The summed E-state index contributed by atoms with van der Waals surface area (Å²) in [5.41, 5.74) is 15.2. The van der Waals surface area contributed by atoms with Gasteiger partial charge in [0.25, 0.3) is 0 Å². The van der Waals surface area contributed by atoms with Gasteiger partial charge in [-0.05, 0) is 136 Å². The Bertz CT molecular complexity index is 2860. The van der Waals surface area contributed by atoms with E-state index in [0.717, 1.165) is 19.3 Å². The molecule has 6 aromatic carbocycles. The van der Waals surface area contributed by atoms with Gasteiger partial charge in [-0.2, -0.15) is 0 Å². The largest absolute Gasteiger partial charge is 0.309 e. The molecule has 2 aliphatic heterocycles. The Labute approximate surface area is 325 Å². The van der Waals surface area contributed by atoms with Crippen LogP contribution in [0.25, 0.3) is 44.2 Å². The van der Waals surface area contributed by atoms with Crippen molar-refractivity contribution in [2.75, 3.05) is 0 Å². The smallest absolute Gasteiger partial charge is 0.0748 e. The summed E-state index contributed by atoms with van der Waals surface area (Å²) in [7, 11) is 0. The van der Waals surface area contributed by atoms with Crippen LogP contribution in [-0.2, 0) is 5.41 Å². The summed E-state index contributed by atoms with van der Waals surface area (Å²) in [6.45, 7) is 2.25. The molecule has 2 aliphatic carbocycles. The molecule has 1 spiro atoms. The van der Waals surface area contributed by atoms with Crippen molar-refractivity contribution >= 4 is 50.9 Å². The van der Waals surface area contributed by atoms with E-state index in [-0.39, 0.29) is 0 Å². The number of allylic oxidation sites excluding steroid dienone is 10. The number of rotatable bonds is 3. The number of fused-ring (bicyclic) bond motifs is 10. The van der Waals surface area contributed by atoms with Gasteiger partial charge in [-0.15, -0.1) is 0 Å². The third kappa shape index (κ3) is 4.68. The van der Waals surface area contributed by atoms with E-state index in [0.29, 0.717) is 0 Å². The number of benzene rings is 6. The first-order valence-electron chi connectivity index (χ1n) is 19.0. The summed E-state index contributed by atoms with van der Waals surface area (Å²) in [5.74, 6) is 0. The molecule has 0 amide bonds. The second-order valence-corrected chi connectivity index (χ2v) is 16.9. The van der Waals surface area contributed by atoms with Crippen LogP contribution in [0.1, 0.15) is 47.1 Å². The van der Waals surface area contributed by atoms with Crippen molar-refractivity contribution < 1.29 is 0 Å². The third-order valence-corrected chi connectivity index (χ3v) is 14.0. The SMILES string of the molecule is Cc1cccc2c1c1cc(-c3cccc4c3C3(C5=C(CC=CC=C5)Sc5ccc(C6=CCCC=C6)cc53)c3ccccc3S4)ccc1n2-c1ccccc1. The van der Waals surface area contributed by atoms with E-state index in [4.69, 9.17) is 0 Å². The Balaban J connectivity index is 1.24. The highest BCUT2D eigenvalue weighted by Crippen LogP contribution is 2.64. The lowest BCUT2D eigenvalue weighted by Gasteiger charge is -2.47. The monoisotopic (exact) mass is 727 g/mol. The number of thioether (sulfide) groups is 1. The van der Waals surface area contributed by atoms with Gasteiger partial charge >= 0.3 is 0 Å². The molecule has 54 heavy (non-hydrogen) atoms. The molecule has 0 saturated carbocycles. The summed E-state index contributed by atoms with van der Waals surface area (Å²) in [4.78, 5) is 5.43. The average Bonchev–Trinajstić information content (AvgIpc) is 3.37. The Morgan fingerprint density at radius 2 is 1.44 bits per heavy atom. The van der Waals surface area contributed by atoms with Crippen molar-refractivity contribution in [3.05, 3.63) is 208 Å². The molecular weight excluding hydrogens is 691 g/mol. The predicted molar refractivity (Wildman–Crippen MR) is 230 cm³/mol. The van der Waals surface area contributed by atoms with E-state index < -0.39 is 5.41 Å². The zero-order chi connectivity index (χ0) is 35.8. The van der Waals surface area contributed by atoms with E-state index >= 15 is 0 Å². The second kappa shape index (κ2) is 12.6. The number of aryl methyl sites for hydroxylation is 1. The van der Waals surface area contributed by atoms with Gasteiger partial charge in [0.1, 0.15) is 0 Å². The maximum atomic E-state index is 2.53. The van der Waals surface area contributed by atoms with Crippen LogP contribution < -0.4 is 0 Å². The zero-order valence-corrected chi connectivity index (χ0v) is 31.7. The van der Waals surface area contributed by atoms with E-state index in [1.807, 2.05) is 23.5 Å². The molecule has 1 nitrogen and oxygen atoms in total. The van der Waals surface area contributed by atoms with Crippen molar-refractivity contribution in [3.63, 3.8) is 0 Å². The first-order chi connectivity index (χ1) is 26.7. The number of hydrogen-bond donors (Lipinski definition) is 0. The fourth-order valence-electron chi connectivity index (χ4n) is 9.43. The van der Waals surface area contributed by atoms with Gasteiger partial charge in [0, 0.05) is 31.1 Å². The number of hydrogen-bond acceptors (Lipinski definition) is 2. The van der Waals surface area contributed by atoms with Gasteiger partial charge in [-0.3, -0.25) is 0 Å². The van der Waals surface area contributed by atoms with Gasteiger partial charge in [-0.25, -0.2) is 0 Å². The molecule has 0 N–H and O–H groups in total. The maximum absolute atomic E-state index is 2.53. The summed E-state index contributed by atoms with van der Waals surface area (Å²) < 4.78 is 2.43. The fourth-order valence-corrected chi connectivity index (χ4v) is 11.9. The van der Waals surface area contributed by atoms with E-state index in [1.54, 1.807) is 0 Å². The molecule has 11 rings (SSSR count). The predicted octanol–water partition coefficient (Wildman–Crippen LogP) is 14.2. The lowest BCUT2D eigenvalue weighted by atomic mass is 9.62. The van der Waals surface area contributed by atoms with Crippen LogP contribution in [0.15, 0.2) is 195 Å². The Morgan fingerprint density at radius 3 is 2.35 bits per heavy atom. The summed E-state index contributed by atoms with van der Waals surface area (Å²) in [6.07, 6.45) is 19.4. The molecule has 3 heteroatoms. The van der Waals surface area contributed by atoms with Crippen molar-refractivity contribution in [1.82, 2.24) is 4.57 Å². The molecule has 7 aromatic rings. The van der Waals surface area contributed by atoms with Crippen LogP contribution in [0, 0.1) is 6.92 Å². The summed E-state index contributed by atoms with van der Waals surface area (Å²) in [6, 6.07) is 48.2. The standard InChI is InChI=1S/C51H37NS2/c1-33-15-13-23-44-49(33)39-31-36(27-29-43(39)52(44)37-18-7-3-8-19-37)38-20-14-26-48-50(38)51(41-22-11-12-25-46(41)54-48)40-21-9-4-10-24-45(40)53-47-30-28-35(32-42(47)51)34-16-5-2-6-17-34/h3-5,7-23,25-32H,2,6,24H2,1H3. The van der Waals surface area contributed by atoms with Crippen LogP contribution in [-0.4, -0.2) is 4.57 Å². The van der Waals surface area contributed by atoms with Crippen LogP contribution in [0.4, 0.5) is 0 Å². The molecule has 0 saturated heterocycles. The quantitative estimate of drug-likeness (QED) is 0.179. The maximum Gasteiger partial charge on any atom is 0.0748 e. The van der Waals surface area contributed by atoms with Crippen LogP contribution in [0.5, 0.6) is 0 Å².